The topological polar surface area (TPSA) is 82.9 Å². The Morgan fingerprint density at radius 3 is 2.60 bits per heavy atom. The second-order valence-corrected chi connectivity index (χ2v) is 7.33. The lowest BCUT2D eigenvalue weighted by molar-refractivity contribution is 0.635. The van der Waals surface area contributed by atoms with Crippen LogP contribution in [0.15, 0.2) is 41.5 Å². The molecule has 0 radical (unpaired) electrons. The molecule has 1 unspecified atom stereocenters. The molecule has 0 aliphatic carbocycles. The lowest BCUT2D eigenvalue weighted by atomic mass is 10.1. The van der Waals surface area contributed by atoms with Crippen molar-refractivity contribution in [2.45, 2.75) is 46.7 Å². The average Bonchev–Trinajstić information content (AvgIpc) is 3.27. The first-order chi connectivity index (χ1) is 14.0. The molecule has 2 aromatic heterocycles. The van der Waals surface area contributed by atoms with Gasteiger partial charge in [0.25, 0.3) is 0 Å². The Balaban J connectivity index is 0.00000320. The van der Waals surface area contributed by atoms with Crippen molar-refractivity contribution in [1.82, 2.24) is 30.4 Å². The number of aromatic amines is 1. The van der Waals surface area contributed by atoms with Gasteiger partial charge in [0.15, 0.2) is 5.96 Å². The summed E-state index contributed by atoms with van der Waals surface area (Å²) in [5, 5.41) is 11.3. The first-order valence-electron chi connectivity index (χ1n) is 10.1. The van der Waals surface area contributed by atoms with Crippen LogP contribution in [0.25, 0.3) is 11.3 Å². The first kappa shape index (κ1) is 23.9. The molecule has 162 valence electrons. The molecule has 3 rings (SSSR count). The van der Waals surface area contributed by atoms with E-state index in [-0.39, 0.29) is 30.0 Å². The van der Waals surface area contributed by atoms with Crippen LogP contribution in [-0.2, 0) is 20.0 Å². The molecule has 0 amide bonds. The third-order valence-electron chi connectivity index (χ3n) is 5.00. The highest BCUT2D eigenvalue weighted by molar-refractivity contribution is 14.0. The highest BCUT2D eigenvalue weighted by Crippen LogP contribution is 2.16. The van der Waals surface area contributed by atoms with Gasteiger partial charge in [-0.15, -0.1) is 24.0 Å². The van der Waals surface area contributed by atoms with Gasteiger partial charge in [-0.2, -0.15) is 5.10 Å². The van der Waals surface area contributed by atoms with Crippen LogP contribution in [0, 0.1) is 13.8 Å². The molecule has 8 heteroatoms. The standard InChI is InChI=1S/C22H31N7.HI/c1-6-23-22(26-15(2)12-19-16(3)28-29(5)17(19)4)25-14-21-24-13-20(27-21)18-10-8-7-9-11-18;/h7-11,13,15H,6,12,14H2,1-5H3,(H,24,27)(H2,23,25,26);1H. The van der Waals surface area contributed by atoms with E-state index in [1.807, 2.05) is 36.1 Å². The summed E-state index contributed by atoms with van der Waals surface area (Å²) in [6.07, 6.45) is 2.76. The largest absolute Gasteiger partial charge is 0.357 e. The van der Waals surface area contributed by atoms with Crippen molar-refractivity contribution in [3.05, 3.63) is 59.3 Å². The van der Waals surface area contributed by atoms with E-state index in [9.17, 15) is 0 Å². The summed E-state index contributed by atoms with van der Waals surface area (Å²) in [4.78, 5) is 12.5. The van der Waals surface area contributed by atoms with E-state index in [4.69, 9.17) is 4.99 Å². The molecule has 0 bridgehead atoms. The van der Waals surface area contributed by atoms with Crippen LogP contribution in [0.5, 0.6) is 0 Å². The molecule has 3 aromatic rings. The van der Waals surface area contributed by atoms with Gasteiger partial charge in [0, 0.05) is 25.3 Å². The average molecular weight is 521 g/mol. The maximum absolute atomic E-state index is 4.70. The van der Waals surface area contributed by atoms with Gasteiger partial charge in [0.05, 0.1) is 17.6 Å². The summed E-state index contributed by atoms with van der Waals surface area (Å²) in [5.74, 6) is 1.63. The number of nitrogens with one attached hydrogen (secondary N) is 3. The summed E-state index contributed by atoms with van der Waals surface area (Å²) >= 11 is 0. The first-order valence-corrected chi connectivity index (χ1v) is 10.1. The van der Waals surface area contributed by atoms with Crippen LogP contribution < -0.4 is 10.6 Å². The summed E-state index contributed by atoms with van der Waals surface area (Å²) in [6, 6.07) is 10.4. The molecule has 1 aromatic carbocycles. The van der Waals surface area contributed by atoms with Gasteiger partial charge in [-0.1, -0.05) is 30.3 Å². The molecular weight excluding hydrogens is 489 g/mol. The molecule has 0 aliphatic heterocycles. The van der Waals surface area contributed by atoms with E-state index < -0.39 is 0 Å². The zero-order valence-corrected chi connectivity index (χ0v) is 20.7. The number of imidazole rings is 1. The Kier molecular flexibility index (Phi) is 8.88. The number of nitrogens with zero attached hydrogens (tertiary/aromatic N) is 4. The molecule has 0 aliphatic rings. The van der Waals surface area contributed by atoms with Crippen LogP contribution >= 0.6 is 24.0 Å². The molecule has 0 fully saturated rings. The maximum Gasteiger partial charge on any atom is 0.191 e. The van der Waals surface area contributed by atoms with Gasteiger partial charge in [0.1, 0.15) is 12.4 Å². The van der Waals surface area contributed by atoms with Gasteiger partial charge >= 0.3 is 0 Å². The summed E-state index contributed by atoms with van der Waals surface area (Å²) in [7, 11) is 1.99. The van der Waals surface area contributed by atoms with Crippen molar-refractivity contribution in [1.29, 1.82) is 0 Å². The second kappa shape index (κ2) is 11.1. The fourth-order valence-corrected chi connectivity index (χ4v) is 3.38. The number of H-pyrrole nitrogens is 1. The minimum absolute atomic E-state index is 0. The van der Waals surface area contributed by atoms with Crippen LogP contribution in [0.4, 0.5) is 0 Å². The Hall–Kier alpha value is -2.36. The molecular formula is C22H32IN7. The monoisotopic (exact) mass is 521 g/mol. The zero-order valence-electron chi connectivity index (χ0n) is 18.4. The lowest BCUT2D eigenvalue weighted by Crippen LogP contribution is -2.43. The van der Waals surface area contributed by atoms with Crippen LogP contribution in [-0.4, -0.2) is 38.3 Å². The Morgan fingerprint density at radius 2 is 1.97 bits per heavy atom. The predicted octanol–water partition coefficient (Wildman–Crippen LogP) is 3.73. The van der Waals surface area contributed by atoms with Crippen LogP contribution in [0.2, 0.25) is 0 Å². The third-order valence-corrected chi connectivity index (χ3v) is 5.00. The van der Waals surface area contributed by atoms with Crippen molar-refractivity contribution in [2.24, 2.45) is 12.0 Å². The molecule has 1 atom stereocenters. The molecule has 0 saturated carbocycles. The quantitative estimate of drug-likeness (QED) is 0.252. The van der Waals surface area contributed by atoms with Gasteiger partial charge in [-0.3, -0.25) is 4.68 Å². The van der Waals surface area contributed by atoms with Gasteiger partial charge in [-0.25, -0.2) is 9.98 Å². The van der Waals surface area contributed by atoms with Crippen molar-refractivity contribution in [3.8, 4) is 11.3 Å². The predicted molar refractivity (Wildman–Crippen MR) is 133 cm³/mol. The molecule has 3 N–H and O–H groups in total. The van der Waals surface area contributed by atoms with E-state index in [1.165, 1.54) is 11.3 Å². The number of halogens is 1. The minimum atomic E-state index is 0. The van der Waals surface area contributed by atoms with Crippen molar-refractivity contribution in [3.63, 3.8) is 0 Å². The number of benzene rings is 1. The highest BCUT2D eigenvalue weighted by Gasteiger charge is 2.14. The number of guanidine groups is 1. The Bertz CT molecular complexity index is 959. The number of hydrogen-bond acceptors (Lipinski definition) is 3. The van der Waals surface area contributed by atoms with E-state index in [2.05, 4.69) is 65.5 Å². The van der Waals surface area contributed by atoms with Gasteiger partial charge in [0.2, 0.25) is 0 Å². The van der Waals surface area contributed by atoms with E-state index in [0.717, 1.165) is 41.7 Å². The Labute approximate surface area is 195 Å². The molecule has 30 heavy (non-hydrogen) atoms. The molecule has 2 heterocycles. The van der Waals surface area contributed by atoms with E-state index in [1.54, 1.807) is 0 Å². The zero-order chi connectivity index (χ0) is 20.8. The van der Waals surface area contributed by atoms with E-state index in [0.29, 0.717) is 6.54 Å². The molecule has 7 nitrogen and oxygen atoms in total. The fourth-order valence-electron chi connectivity index (χ4n) is 3.38. The summed E-state index contributed by atoms with van der Waals surface area (Å²) in [5.41, 5.74) is 5.72. The van der Waals surface area contributed by atoms with Crippen molar-refractivity contribution < 1.29 is 0 Å². The normalized spacial score (nSPS) is 12.4. The van der Waals surface area contributed by atoms with Crippen molar-refractivity contribution in [2.75, 3.05) is 6.54 Å². The number of rotatable bonds is 7. The third kappa shape index (κ3) is 6.07. The minimum Gasteiger partial charge on any atom is -0.357 e. The highest BCUT2D eigenvalue weighted by atomic mass is 127. The number of aromatic nitrogens is 4. The van der Waals surface area contributed by atoms with Gasteiger partial charge < -0.3 is 15.6 Å². The van der Waals surface area contributed by atoms with Crippen LogP contribution in [0.3, 0.4) is 0 Å². The SMILES string of the molecule is CCNC(=NCc1ncc(-c2ccccc2)[nH]1)NC(C)Cc1c(C)nn(C)c1C.I. The number of hydrogen-bond donors (Lipinski definition) is 3. The van der Waals surface area contributed by atoms with E-state index >= 15 is 0 Å². The fraction of sp³-hybridized carbons (Fsp3) is 0.409. The number of aliphatic imine (C=N–C) groups is 1. The smallest absolute Gasteiger partial charge is 0.191 e. The maximum atomic E-state index is 4.70. The Morgan fingerprint density at radius 1 is 1.23 bits per heavy atom. The molecule has 0 saturated heterocycles. The lowest BCUT2D eigenvalue weighted by Gasteiger charge is -2.18. The van der Waals surface area contributed by atoms with Crippen LogP contribution in [0.1, 0.15) is 36.6 Å². The van der Waals surface area contributed by atoms with Crippen molar-refractivity contribution >= 4 is 29.9 Å². The summed E-state index contributed by atoms with van der Waals surface area (Å²) in [6.45, 7) is 9.70. The second-order valence-electron chi connectivity index (χ2n) is 7.33. The number of aryl methyl sites for hydroxylation is 2. The van der Waals surface area contributed by atoms with Gasteiger partial charge in [-0.05, 0) is 45.2 Å². The summed E-state index contributed by atoms with van der Waals surface area (Å²) < 4.78 is 1.94. The molecule has 0 spiro atoms.